The molecule has 1 fully saturated rings. The molecule has 0 spiro atoms. The number of hydrogen-bond acceptors (Lipinski definition) is 2. The highest BCUT2D eigenvalue weighted by molar-refractivity contribution is 6.30. The van der Waals surface area contributed by atoms with Crippen LogP contribution in [0.4, 0.5) is 14.5 Å². The lowest BCUT2D eigenvalue weighted by atomic mass is 9.94. The van der Waals surface area contributed by atoms with Gasteiger partial charge >= 0.3 is 0 Å². The largest absolute Gasteiger partial charge is 0.339 e. The van der Waals surface area contributed by atoms with E-state index in [4.69, 9.17) is 11.6 Å². The maximum atomic E-state index is 13.4. The van der Waals surface area contributed by atoms with Crippen molar-refractivity contribution in [3.05, 3.63) is 64.2 Å². The average Bonchev–Trinajstić information content (AvgIpc) is 2.94. The number of carbonyl (C=O) groups excluding carboxylic acids is 2. The van der Waals surface area contributed by atoms with Gasteiger partial charge in [0.2, 0.25) is 5.91 Å². The topological polar surface area (TPSA) is 40.6 Å². The van der Waals surface area contributed by atoms with Gasteiger partial charge in [-0.15, -0.1) is 0 Å². The molecular weight excluding hydrogens is 410 g/mol. The molecule has 0 aliphatic carbocycles. The quantitative estimate of drug-likeness (QED) is 0.681. The van der Waals surface area contributed by atoms with Gasteiger partial charge in [-0.3, -0.25) is 9.59 Å². The number of aryl methyl sites for hydroxylation is 1. The number of hydrogen-bond donors (Lipinski definition) is 0. The molecule has 2 amide bonds. The van der Waals surface area contributed by atoms with Gasteiger partial charge in [0.25, 0.3) is 5.91 Å². The van der Waals surface area contributed by atoms with E-state index in [1.54, 1.807) is 4.90 Å². The summed E-state index contributed by atoms with van der Waals surface area (Å²) in [6, 6.07) is 8.49. The van der Waals surface area contributed by atoms with Gasteiger partial charge < -0.3 is 9.80 Å². The van der Waals surface area contributed by atoms with Crippen LogP contribution in [0.2, 0.25) is 5.02 Å². The Morgan fingerprint density at radius 2 is 1.63 bits per heavy atom. The zero-order chi connectivity index (χ0) is 21.3. The number of fused-ring (bicyclic) bond motifs is 1. The Labute approximate surface area is 179 Å². The van der Waals surface area contributed by atoms with Crippen molar-refractivity contribution in [1.82, 2.24) is 4.90 Å². The molecule has 2 aromatic rings. The lowest BCUT2D eigenvalue weighted by Gasteiger charge is -2.34. The molecule has 4 rings (SSSR count). The van der Waals surface area contributed by atoms with E-state index in [1.165, 1.54) is 0 Å². The molecule has 2 aliphatic rings. The van der Waals surface area contributed by atoms with Crippen LogP contribution in [0.15, 0.2) is 36.4 Å². The van der Waals surface area contributed by atoms with E-state index >= 15 is 0 Å². The maximum Gasteiger partial charge on any atom is 0.254 e. The third-order valence-corrected chi connectivity index (χ3v) is 6.15. The molecule has 7 heteroatoms. The van der Waals surface area contributed by atoms with Gasteiger partial charge in [-0.05, 0) is 68.0 Å². The molecule has 0 bridgehead atoms. The molecule has 0 unspecified atom stereocenters. The van der Waals surface area contributed by atoms with E-state index in [0.717, 1.165) is 48.7 Å². The first-order valence-corrected chi connectivity index (χ1v) is 10.7. The molecule has 0 atom stereocenters. The van der Waals surface area contributed by atoms with Crippen molar-refractivity contribution in [2.24, 2.45) is 5.92 Å². The number of likely N-dealkylation sites (tertiary alicyclic amines) is 1. The lowest BCUT2D eigenvalue weighted by molar-refractivity contribution is -0.123. The van der Waals surface area contributed by atoms with Crippen LogP contribution in [0.25, 0.3) is 0 Å². The summed E-state index contributed by atoms with van der Waals surface area (Å²) in [7, 11) is 0. The number of anilines is 1. The van der Waals surface area contributed by atoms with Crippen LogP contribution < -0.4 is 4.90 Å². The molecule has 30 heavy (non-hydrogen) atoms. The molecule has 1 saturated heterocycles. The molecule has 0 N–H and O–H groups in total. The summed E-state index contributed by atoms with van der Waals surface area (Å²) in [5.74, 6) is -2.06. The summed E-state index contributed by atoms with van der Waals surface area (Å²) in [6.45, 7) is 1.44. The number of amides is 2. The number of nitrogens with zero attached hydrogens (tertiary/aromatic N) is 2. The molecule has 2 heterocycles. The van der Waals surface area contributed by atoms with Crippen LogP contribution in [0.3, 0.4) is 0 Å². The SMILES string of the molecule is O=C(c1cc(F)cc(F)c1)N1CCC(C(=O)N2CCCCc3cc(Cl)ccc32)CC1. The van der Waals surface area contributed by atoms with Crippen LogP contribution in [0.5, 0.6) is 0 Å². The minimum atomic E-state index is -0.775. The van der Waals surface area contributed by atoms with Crippen molar-refractivity contribution in [3.63, 3.8) is 0 Å². The third-order valence-electron chi connectivity index (χ3n) is 5.92. The highest BCUT2D eigenvalue weighted by atomic mass is 35.5. The van der Waals surface area contributed by atoms with Gasteiger partial charge in [0, 0.05) is 47.9 Å². The van der Waals surface area contributed by atoms with Crippen molar-refractivity contribution in [3.8, 4) is 0 Å². The minimum absolute atomic E-state index is 0.00407. The molecule has 0 saturated carbocycles. The van der Waals surface area contributed by atoms with Crippen LogP contribution >= 0.6 is 11.6 Å². The zero-order valence-electron chi connectivity index (χ0n) is 16.5. The summed E-state index contributed by atoms with van der Waals surface area (Å²) in [5, 5.41) is 0.670. The van der Waals surface area contributed by atoms with Gasteiger partial charge in [-0.25, -0.2) is 8.78 Å². The van der Waals surface area contributed by atoms with E-state index in [0.29, 0.717) is 37.5 Å². The Balaban J connectivity index is 1.44. The average molecular weight is 433 g/mol. The van der Waals surface area contributed by atoms with Gasteiger partial charge in [0.15, 0.2) is 0 Å². The third kappa shape index (κ3) is 4.33. The van der Waals surface area contributed by atoms with Crippen LogP contribution in [-0.2, 0) is 11.2 Å². The van der Waals surface area contributed by atoms with Gasteiger partial charge in [0.05, 0.1) is 0 Å². The van der Waals surface area contributed by atoms with Gasteiger partial charge in [0.1, 0.15) is 11.6 Å². The Morgan fingerprint density at radius 3 is 2.33 bits per heavy atom. The van der Waals surface area contributed by atoms with Gasteiger partial charge in [-0.2, -0.15) is 0 Å². The molecule has 4 nitrogen and oxygen atoms in total. The summed E-state index contributed by atoms with van der Waals surface area (Å²) in [6.07, 6.45) is 3.90. The van der Waals surface area contributed by atoms with Crippen LogP contribution in [0.1, 0.15) is 41.6 Å². The summed E-state index contributed by atoms with van der Waals surface area (Å²) in [5.41, 5.74) is 2.01. The molecule has 2 aromatic carbocycles. The molecule has 2 aliphatic heterocycles. The summed E-state index contributed by atoms with van der Waals surface area (Å²) >= 11 is 6.13. The monoisotopic (exact) mass is 432 g/mol. The number of halogens is 3. The van der Waals surface area contributed by atoms with Crippen molar-refractivity contribution in [1.29, 1.82) is 0 Å². The van der Waals surface area contributed by atoms with E-state index in [2.05, 4.69) is 0 Å². The predicted molar refractivity (Wildman–Crippen MR) is 112 cm³/mol. The van der Waals surface area contributed by atoms with Crippen LogP contribution in [0, 0.1) is 17.6 Å². The lowest BCUT2D eigenvalue weighted by Crippen LogP contribution is -2.44. The van der Waals surface area contributed by atoms with E-state index in [-0.39, 0.29) is 17.4 Å². The minimum Gasteiger partial charge on any atom is -0.339 e. The highest BCUT2D eigenvalue weighted by Crippen LogP contribution is 2.32. The second kappa shape index (κ2) is 8.72. The maximum absolute atomic E-state index is 13.4. The number of benzene rings is 2. The van der Waals surface area contributed by atoms with Crippen molar-refractivity contribution < 1.29 is 18.4 Å². The summed E-state index contributed by atoms with van der Waals surface area (Å²) < 4.78 is 26.9. The normalized spacial score (nSPS) is 17.4. The van der Waals surface area contributed by atoms with Crippen molar-refractivity contribution in [2.75, 3.05) is 24.5 Å². The molecule has 0 radical (unpaired) electrons. The Kier molecular flexibility index (Phi) is 6.04. The first-order valence-electron chi connectivity index (χ1n) is 10.3. The first kappa shape index (κ1) is 20.8. The smallest absolute Gasteiger partial charge is 0.254 e. The van der Waals surface area contributed by atoms with Crippen molar-refractivity contribution >= 4 is 29.1 Å². The summed E-state index contributed by atoms with van der Waals surface area (Å²) in [4.78, 5) is 29.3. The first-order chi connectivity index (χ1) is 14.4. The number of piperidine rings is 1. The van der Waals surface area contributed by atoms with Crippen molar-refractivity contribution in [2.45, 2.75) is 32.1 Å². The van der Waals surface area contributed by atoms with Gasteiger partial charge in [-0.1, -0.05) is 11.6 Å². The Bertz CT molecular complexity index is 953. The van der Waals surface area contributed by atoms with E-state index in [9.17, 15) is 18.4 Å². The molecule has 0 aromatic heterocycles. The zero-order valence-corrected chi connectivity index (χ0v) is 17.3. The fraction of sp³-hybridized carbons (Fsp3) is 0.391. The fourth-order valence-corrected chi connectivity index (χ4v) is 4.56. The molecule has 158 valence electrons. The Hall–Kier alpha value is -2.47. The van der Waals surface area contributed by atoms with E-state index < -0.39 is 17.5 Å². The molecular formula is C23H23ClF2N2O2. The fourth-order valence-electron chi connectivity index (χ4n) is 4.36. The second-order valence-electron chi connectivity index (χ2n) is 7.94. The number of carbonyl (C=O) groups is 2. The second-order valence-corrected chi connectivity index (χ2v) is 8.38. The van der Waals surface area contributed by atoms with Crippen LogP contribution in [-0.4, -0.2) is 36.3 Å². The predicted octanol–water partition coefficient (Wildman–Crippen LogP) is 4.84. The standard InChI is InChI=1S/C23H23ClF2N2O2/c24-18-4-5-21-16(11-18)3-1-2-8-28(21)23(30)15-6-9-27(10-7-15)22(29)17-12-19(25)14-20(26)13-17/h4-5,11-15H,1-3,6-10H2. The Morgan fingerprint density at radius 1 is 0.933 bits per heavy atom. The highest BCUT2D eigenvalue weighted by Gasteiger charge is 2.32. The number of rotatable bonds is 2. The van der Waals surface area contributed by atoms with E-state index in [1.807, 2.05) is 23.1 Å².